The molecule has 0 bridgehead atoms. The molecule has 0 radical (unpaired) electrons. The summed E-state index contributed by atoms with van der Waals surface area (Å²) >= 11 is 0. The number of aromatic nitrogens is 4. The molecule has 36 heavy (non-hydrogen) atoms. The number of nitrogens with one attached hydrogen (secondary N) is 1. The van der Waals surface area contributed by atoms with Crippen LogP contribution in [0.3, 0.4) is 0 Å². The molecule has 2 aliphatic carbocycles. The Labute approximate surface area is 207 Å². The Hall–Kier alpha value is -4.29. The van der Waals surface area contributed by atoms with E-state index >= 15 is 0 Å². The Morgan fingerprint density at radius 3 is 2.78 bits per heavy atom. The van der Waals surface area contributed by atoms with Gasteiger partial charge in [0, 0.05) is 17.8 Å². The molecule has 3 heterocycles. The van der Waals surface area contributed by atoms with Crippen LogP contribution in [0.4, 0.5) is 10.6 Å². The third-order valence-corrected chi connectivity index (χ3v) is 6.86. The Bertz CT molecular complexity index is 1500. The van der Waals surface area contributed by atoms with E-state index in [2.05, 4.69) is 25.9 Å². The number of fused-ring (bicyclic) bond motifs is 1. The molecule has 0 unspecified atom stereocenters. The van der Waals surface area contributed by atoms with Crippen molar-refractivity contribution in [3.8, 4) is 23.2 Å². The number of hydrogen-bond donors (Lipinski definition) is 2. The van der Waals surface area contributed by atoms with E-state index in [0.29, 0.717) is 17.3 Å². The number of anilines is 1. The first kappa shape index (κ1) is 22.2. The molecule has 3 aromatic heterocycles. The quantitative estimate of drug-likeness (QED) is 0.414. The molecule has 1 amide bonds. The fraction of sp³-hybridized carbons (Fsp3) is 0.296. The molecule has 0 spiro atoms. The van der Waals surface area contributed by atoms with E-state index in [1.807, 2.05) is 30.3 Å². The first-order valence-electron chi connectivity index (χ1n) is 12.1. The van der Waals surface area contributed by atoms with Gasteiger partial charge in [0.05, 0.1) is 46.8 Å². The molecule has 180 valence electrons. The number of nitriles is 1. The normalized spacial score (nSPS) is 19.2. The van der Waals surface area contributed by atoms with Gasteiger partial charge in [-0.1, -0.05) is 6.07 Å². The third-order valence-electron chi connectivity index (χ3n) is 6.86. The average molecular weight is 481 g/mol. The van der Waals surface area contributed by atoms with Crippen LogP contribution in [0.2, 0.25) is 0 Å². The van der Waals surface area contributed by atoms with Gasteiger partial charge in [0.2, 0.25) is 5.88 Å². The number of aliphatic hydroxyl groups excluding tert-OH is 1. The van der Waals surface area contributed by atoms with Crippen LogP contribution < -0.4 is 10.1 Å². The molecular formula is C27H24N6O3. The zero-order valence-electron chi connectivity index (χ0n) is 19.5. The van der Waals surface area contributed by atoms with Gasteiger partial charge in [-0.3, -0.25) is 5.32 Å². The summed E-state index contributed by atoms with van der Waals surface area (Å²) in [5, 5.41) is 22.2. The number of carbonyl (C=O) groups is 1. The summed E-state index contributed by atoms with van der Waals surface area (Å²) in [5.41, 5.74) is 4.92. The lowest BCUT2D eigenvalue weighted by molar-refractivity contribution is 0.138. The average Bonchev–Trinajstić information content (AvgIpc) is 3.53. The van der Waals surface area contributed by atoms with Crippen molar-refractivity contribution in [3.05, 3.63) is 66.1 Å². The van der Waals surface area contributed by atoms with E-state index in [9.17, 15) is 9.90 Å². The zero-order chi connectivity index (χ0) is 24.6. The third kappa shape index (κ3) is 4.39. The van der Waals surface area contributed by atoms with Crippen LogP contribution in [-0.2, 0) is 0 Å². The second-order valence-electron chi connectivity index (χ2n) is 9.38. The van der Waals surface area contributed by atoms with Crippen LogP contribution in [0, 0.1) is 11.3 Å². The second kappa shape index (κ2) is 9.06. The summed E-state index contributed by atoms with van der Waals surface area (Å²) < 4.78 is 7.33. The standard InChI is InChI=1S/C27H24N6O3/c28-14-16-8-9-29-26(10-16)36-27(35)32-25-13-19(17-4-5-17)11-21(31-25)18-6-7-20-23(12-18)33(15-30-20)22-2-1-3-24(22)34/h6-13,15,17,22,24,34H,1-5H2,(H,31,32,35)/t22-,24-/m1/s1. The predicted molar refractivity (Wildman–Crippen MR) is 132 cm³/mol. The molecule has 2 atom stereocenters. The maximum atomic E-state index is 12.6. The van der Waals surface area contributed by atoms with Crippen LogP contribution in [0.15, 0.2) is 55.0 Å². The van der Waals surface area contributed by atoms with E-state index < -0.39 is 6.09 Å². The van der Waals surface area contributed by atoms with E-state index in [0.717, 1.165) is 60.0 Å². The maximum absolute atomic E-state index is 12.6. The fourth-order valence-electron chi connectivity index (χ4n) is 4.87. The van der Waals surface area contributed by atoms with Crippen LogP contribution in [0.25, 0.3) is 22.3 Å². The highest BCUT2D eigenvalue weighted by atomic mass is 16.6. The van der Waals surface area contributed by atoms with Gasteiger partial charge in [-0.05, 0) is 73.9 Å². The number of imidazole rings is 1. The minimum absolute atomic E-state index is 0.0242. The highest BCUT2D eigenvalue weighted by molar-refractivity contribution is 5.86. The molecule has 1 aromatic carbocycles. The number of nitrogens with zero attached hydrogens (tertiary/aromatic N) is 5. The molecule has 9 nitrogen and oxygen atoms in total. The Morgan fingerprint density at radius 1 is 1.11 bits per heavy atom. The van der Waals surface area contributed by atoms with Gasteiger partial charge in [0.25, 0.3) is 0 Å². The first-order chi connectivity index (χ1) is 17.6. The van der Waals surface area contributed by atoms with Gasteiger partial charge < -0.3 is 14.4 Å². The Morgan fingerprint density at radius 2 is 2.00 bits per heavy atom. The van der Waals surface area contributed by atoms with Crippen molar-refractivity contribution in [2.45, 2.75) is 50.2 Å². The monoisotopic (exact) mass is 480 g/mol. The first-order valence-corrected chi connectivity index (χ1v) is 12.1. The maximum Gasteiger partial charge on any atom is 0.419 e. The lowest BCUT2D eigenvalue weighted by Gasteiger charge is -2.17. The van der Waals surface area contributed by atoms with E-state index in [-0.39, 0.29) is 18.0 Å². The molecular weight excluding hydrogens is 456 g/mol. The number of pyridine rings is 2. The lowest BCUT2D eigenvalue weighted by Crippen LogP contribution is -2.18. The van der Waals surface area contributed by atoms with Crippen LogP contribution in [0.5, 0.6) is 5.88 Å². The molecule has 4 aromatic rings. The molecule has 2 aliphatic rings. The summed E-state index contributed by atoms with van der Waals surface area (Å²) in [6.07, 6.45) is 7.05. The van der Waals surface area contributed by atoms with E-state index in [1.165, 1.54) is 18.3 Å². The number of rotatable bonds is 5. The molecule has 0 aliphatic heterocycles. The van der Waals surface area contributed by atoms with Crippen molar-refractivity contribution in [2.24, 2.45) is 0 Å². The number of benzene rings is 1. The molecule has 9 heteroatoms. The Balaban J connectivity index is 1.31. The number of amides is 1. The summed E-state index contributed by atoms with van der Waals surface area (Å²) in [7, 11) is 0. The lowest BCUT2D eigenvalue weighted by atomic mass is 10.1. The summed E-state index contributed by atoms with van der Waals surface area (Å²) in [6.45, 7) is 0. The SMILES string of the molecule is N#Cc1ccnc(OC(=O)Nc2cc(C3CC3)cc(-c3ccc4ncn([C@@H]5CCC[C@H]5O)c4c3)n2)c1. The van der Waals surface area contributed by atoms with Crippen molar-refractivity contribution in [1.82, 2.24) is 19.5 Å². The topological polar surface area (TPSA) is 126 Å². The van der Waals surface area contributed by atoms with Crippen molar-refractivity contribution >= 4 is 22.9 Å². The summed E-state index contributed by atoms with van der Waals surface area (Å²) in [4.78, 5) is 25.8. The van der Waals surface area contributed by atoms with Gasteiger partial charge in [-0.2, -0.15) is 5.26 Å². The van der Waals surface area contributed by atoms with Gasteiger partial charge in [0.1, 0.15) is 5.82 Å². The molecule has 0 saturated heterocycles. The summed E-state index contributed by atoms with van der Waals surface area (Å²) in [6, 6.07) is 14.9. The van der Waals surface area contributed by atoms with Gasteiger partial charge in [-0.25, -0.2) is 19.7 Å². The van der Waals surface area contributed by atoms with Crippen molar-refractivity contribution in [3.63, 3.8) is 0 Å². The zero-order valence-corrected chi connectivity index (χ0v) is 19.5. The summed E-state index contributed by atoms with van der Waals surface area (Å²) in [5.74, 6) is 0.869. The van der Waals surface area contributed by atoms with Crippen molar-refractivity contribution in [2.75, 3.05) is 5.32 Å². The number of hydrogen-bond acceptors (Lipinski definition) is 7. The smallest absolute Gasteiger partial charge is 0.391 e. The number of ether oxygens (including phenoxy) is 1. The predicted octanol–water partition coefficient (Wildman–Crippen LogP) is 4.94. The highest BCUT2D eigenvalue weighted by Crippen LogP contribution is 2.42. The van der Waals surface area contributed by atoms with Crippen molar-refractivity contribution < 1.29 is 14.6 Å². The van der Waals surface area contributed by atoms with Crippen LogP contribution >= 0.6 is 0 Å². The molecule has 6 rings (SSSR count). The number of aliphatic hydroxyl groups is 1. The molecule has 2 fully saturated rings. The van der Waals surface area contributed by atoms with E-state index in [4.69, 9.17) is 15.0 Å². The van der Waals surface area contributed by atoms with Gasteiger partial charge >= 0.3 is 6.09 Å². The van der Waals surface area contributed by atoms with Crippen molar-refractivity contribution in [1.29, 1.82) is 5.26 Å². The fourth-order valence-corrected chi connectivity index (χ4v) is 4.87. The molecule has 2 N–H and O–H groups in total. The van der Waals surface area contributed by atoms with Gasteiger partial charge in [-0.15, -0.1) is 0 Å². The number of carbonyl (C=O) groups excluding carboxylic acids is 1. The highest BCUT2D eigenvalue weighted by Gasteiger charge is 2.28. The Kier molecular flexibility index (Phi) is 5.58. The van der Waals surface area contributed by atoms with E-state index in [1.54, 1.807) is 6.33 Å². The minimum Gasteiger partial charge on any atom is -0.391 e. The van der Waals surface area contributed by atoms with Crippen LogP contribution in [-0.4, -0.2) is 36.8 Å². The van der Waals surface area contributed by atoms with Gasteiger partial charge in [0.15, 0.2) is 0 Å². The largest absolute Gasteiger partial charge is 0.419 e. The molecule has 2 saturated carbocycles. The second-order valence-corrected chi connectivity index (χ2v) is 9.38. The van der Waals surface area contributed by atoms with Crippen LogP contribution in [0.1, 0.15) is 55.2 Å². The minimum atomic E-state index is -0.729.